The lowest BCUT2D eigenvalue weighted by Crippen LogP contribution is -2.15. The Morgan fingerprint density at radius 3 is 2.90 bits per heavy atom. The lowest BCUT2D eigenvalue weighted by Gasteiger charge is -2.10. The molecule has 6 heteroatoms. The SMILES string of the molecule is CCOCCOc1ccc(-c2ncc[nH]2)cc1C(N)=O. The number of hydrogen-bond donors (Lipinski definition) is 2. The Labute approximate surface area is 116 Å². The van der Waals surface area contributed by atoms with Gasteiger partial charge in [-0.2, -0.15) is 0 Å². The van der Waals surface area contributed by atoms with Crippen LogP contribution in [0.3, 0.4) is 0 Å². The van der Waals surface area contributed by atoms with Gasteiger partial charge >= 0.3 is 0 Å². The quantitative estimate of drug-likeness (QED) is 0.751. The van der Waals surface area contributed by atoms with Gasteiger partial charge in [0.25, 0.3) is 5.91 Å². The fourth-order valence-electron chi connectivity index (χ4n) is 1.77. The lowest BCUT2D eigenvalue weighted by molar-refractivity contribution is 0.0979. The van der Waals surface area contributed by atoms with Crippen molar-refractivity contribution in [1.82, 2.24) is 9.97 Å². The van der Waals surface area contributed by atoms with E-state index in [9.17, 15) is 4.79 Å². The second-order valence-electron chi connectivity index (χ2n) is 4.06. The molecule has 0 atom stereocenters. The number of carbonyl (C=O) groups excluding carboxylic acids is 1. The van der Waals surface area contributed by atoms with Gasteiger partial charge in [-0.3, -0.25) is 4.79 Å². The van der Waals surface area contributed by atoms with Crippen molar-refractivity contribution in [2.75, 3.05) is 19.8 Å². The van der Waals surface area contributed by atoms with E-state index in [0.29, 0.717) is 37.0 Å². The highest BCUT2D eigenvalue weighted by Crippen LogP contribution is 2.24. The molecule has 1 heterocycles. The zero-order chi connectivity index (χ0) is 14.4. The maximum Gasteiger partial charge on any atom is 0.252 e. The van der Waals surface area contributed by atoms with Gasteiger partial charge in [-0.15, -0.1) is 0 Å². The van der Waals surface area contributed by atoms with Gasteiger partial charge in [-0.1, -0.05) is 0 Å². The number of hydrogen-bond acceptors (Lipinski definition) is 4. The van der Waals surface area contributed by atoms with Crippen LogP contribution in [0.2, 0.25) is 0 Å². The Hall–Kier alpha value is -2.34. The Kier molecular flexibility index (Phi) is 4.73. The Balaban J connectivity index is 2.18. The summed E-state index contributed by atoms with van der Waals surface area (Å²) >= 11 is 0. The predicted octanol–water partition coefficient (Wildman–Crippen LogP) is 1.59. The molecule has 1 aromatic heterocycles. The second kappa shape index (κ2) is 6.72. The number of imidazole rings is 1. The molecule has 3 N–H and O–H groups in total. The number of rotatable bonds is 7. The Morgan fingerprint density at radius 2 is 2.25 bits per heavy atom. The molecule has 1 amide bonds. The average Bonchev–Trinajstić information content (AvgIpc) is 2.97. The summed E-state index contributed by atoms with van der Waals surface area (Å²) in [4.78, 5) is 18.6. The summed E-state index contributed by atoms with van der Waals surface area (Å²) in [6, 6.07) is 5.20. The molecule has 0 aliphatic heterocycles. The molecular weight excluding hydrogens is 258 g/mol. The monoisotopic (exact) mass is 275 g/mol. The highest BCUT2D eigenvalue weighted by molar-refractivity contribution is 5.96. The third-order valence-electron chi connectivity index (χ3n) is 2.71. The molecule has 6 nitrogen and oxygen atoms in total. The van der Waals surface area contributed by atoms with Crippen LogP contribution in [0.4, 0.5) is 0 Å². The van der Waals surface area contributed by atoms with Crippen LogP contribution in [0.25, 0.3) is 11.4 Å². The van der Waals surface area contributed by atoms with Crippen molar-refractivity contribution in [3.63, 3.8) is 0 Å². The number of carbonyl (C=O) groups is 1. The number of nitrogens with one attached hydrogen (secondary N) is 1. The van der Waals surface area contributed by atoms with Gasteiger partial charge in [-0.25, -0.2) is 4.98 Å². The fraction of sp³-hybridized carbons (Fsp3) is 0.286. The van der Waals surface area contributed by atoms with Crippen molar-refractivity contribution in [2.24, 2.45) is 5.73 Å². The van der Waals surface area contributed by atoms with Crippen LogP contribution in [0.1, 0.15) is 17.3 Å². The van der Waals surface area contributed by atoms with E-state index in [1.54, 1.807) is 24.5 Å². The summed E-state index contributed by atoms with van der Waals surface area (Å²) in [5.74, 6) is 0.589. The molecule has 0 aliphatic carbocycles. The van der Waals surface area contributed by atoms with Crippen molar-refractivity contribution in [3.8, 4) is 17.1 Å². The zero-order valence-electron chi connectivity index (χ0n) is 11.3. The molecule has 0 saturated heterocycles. The van der Waals surface area contributed by atoms with Crippen LogP contribution in [0, 0.1) is 0 Å². The van der Waals surface area contributed by atoms with E-state index in [1.807, 2.05) is 13.0 Å². The first-order chi connectivity index (χ1) is 9.72. The highest BCUT2D eigenvalue weighted by atomic mass is 16.5. The minimum atomic E-state index is -0.537. The minimum Gasteiger partial charge on any atom is -0.490 e. The van der Waals surface area contributed by atoms with Gasteiger partial charge in [0.05, 0.1) is 12.2 Å². The normalized spacial score (nSPS) is 10.4. The molecule has 0 fully saturated rings. The molecule has 0 bridgehead atoms. The molecule has 2 rings (SSSR count). The van der Waals surface area contributed by atoms with Crippen molar-refractivity contribution < 1.29 is 14.3 Å². The number of primary amides is 1. The van der Waals surface area contributed by atoms with Gasteiger partial charge in [-0.05, 0) is 25.1 Å². The molecule has 0 unspecified atom stereocenters. The first kappa shape index (κ1) is 14.1. The molecule has 106 valence electrons. The van der Waals surface area contributed by atoms with Gasteiger partial charge < -0.3 is 20.2 Å². The van der Waals surface area contributed by atoms with Crippen molar-refractivity contribution in [2.45, 2.75) is 6.92 Å². The van der Waals surface area contributed by atoms with Crippen molar-refractivity contribution in [1.29, 1.82) is 0 Å². The number of ether oxygens (including phenoxy) is 2. The smallest absolute Gasteiger partial charge is 0.252 e. The average molecular weight is 275 g/mol. The summed E-state index contributed by atoms with van der Waals surface area (Å²) < 4.78 is 10.7. The Bertz CT molecular complexity index is 567. The predicted molar refractivity (Wildman–Crippen MR) is 74.5 cm³/mol. The second-order valence-corrected chi connectivity index (χ2v) is 4.06. The summed E-state index contributed by atoms with van der Waals surface area (Å²) in [6.45, 7) is 3.37. The van der Waals surface area contributed by atoms with Gasteiger partial charge in [0.1, 0.15) is 18.2 Å². The maximum absolute atomic E-state index is 11.5. The number of H-pyrrole nitrogens is 1. The van der Waals surface area contributed by atoms with Crippen LogP contribution < -0.4 is 10.5 Å². The summed E-state index contributed by atoms with van der Waals surface area (Å²) in [6.07, 6.45) is 3.36. The topological polar surface area (TPSA) is 90.2 Å². The van der Waals surface area contributed by atoms with Gasteiger partial charge in [0.15, 0.2) is 0 Å². The van der Waals surface area contributed by atoms with E-state index >= 15 is 0 Å². The van der Waals surface area contributed by atoms with E-state index in [0.717, 1.165) is 5.56 Å². The molecule has 20 heavy (non-hydrogen) atoms. The van der Waals surface area contributed by atoms with E-state index in [2.05, 4.69) is 9.97 Å². The standard InChI is InChI=1S/C14H17N3O3/c1-2-19-7-8-20-12-4-3-10(9-11(12)13(15)18)14-16-5-6-17-14/h3-6,9H,2,7-8H2,1H3,(H2,15,18)(H,16,17). The van der Waals surface area contributed by atoms with Crippen molar-refractivity contribution >= 4 is 5.91 Å². The minimum absolute atomic E-state index is 0.329. The highest BCUT2D eigenvalue weighted by Gasteiger charge is 2.12. The molecule has 0 radical (unpaired) electrons. The zero-order valence-corrected chi connectivity index (χ0v) is 11.3. The van der Waals surface area contributed by atoms with E-state index in [1.165, 1.54) is 0 Å². The number of nitrogens with zero attached hydrogens (tertiary/aromatic N) is 1. The first-order valence-electron chi connectivity index (χ1n) is 6.36. The molecule has 0 saturated carbocycles. The van der Waals surface area contributed by atoms with Crippen molar-refractivity contribution in [3.05, 3.63) is 36.2 Å². The van der Waals surface area contributed by atoms with Crippen LogP contribution in [-0.2, 0) is 4.74 Å². The van der Waals surface area contributed by atoms with Gasteiger partial charge in [0, 0.05) is 24.6 Å². The fourth-order valence-corrected chi connectivity index (χ4v) is 1.77. The number of aromatic amines is 1. The molecule has 0 aliphatic rings. The third-order valence-corrected chi connectivity index (χ3v) is 2.71. The number of benzene rings is 1. The largest absolute Gasteiger partial charge is 0.490 e. The molecular formula is C14H17N3O3. The number of aromatic nitrogens is 2. The number of nitrogens with two attached hydrogens (primary N) is 1. The van der Waals surface area contributed by atoms with E-state index in [-0.39, 0.29) is 0 Å². The Morgan fingerprint density at radius 1 is 1.40 bits per heavy atom. The number of amides is 1. The van der Waals surface area contributed by atoms with Gasteiger partial charge in [0.2, 0.25) is 0 Å². The third kappa shape index (κ3) is 3.36. The first-order valence-corrected chi connectivity index (χ1v) is 6.36. The van der Waals surface area contributed by atoms with Crippen LogP contribution in [-0.4, -0.2) is 35.7 Å². The summed E-state index contributed by atoms with van der Waals surface area (Å²) in [5.41, 5.74) is 6.49. The summed E-state index contributed by atoms with van der Waals surface area (Å²) in [7, 11) is 0. The molecule has 1 aromatic carbocycles. The molecule has 2 aromatic rings. The van der Waals surface area contributed by atoms with E-state index < -0.39 is 5.91 Å². The van der Waals surface area contributed by atoms with E-state index in [4.69, 9.17) is 15.2 Å². The van der Waals surface area contributed by atoms with Crippen LogP contribution >= 0.6 is 0 Å². The lowest BCUT2D eigenvalue weighted by atomic mass is 10.1. The summed E-state index contributed by atoms with van der Waals surface area (Å²) in [5, 5.41) is 0. The molecule has 0 spiro atoms. The maximum atomic E-state index is 11.5. The van der Waals surface area contributed by atoms with Crippen LogP contribution in [0.15, 0.2) is 30.6 Å². The van der Waals surface area contributed by atoms with Crippen LogP contribution in [0.5, 0.6) is 5.75 Å².